The van der Waals surface area contributed by atoms with Crippen LogP contribution >= 0.6 is 11.3 Å². The van der Waals surface area contributed by atoms with Gasteiger partial charge in [0.2, 0.25) is 0 Å². The Morgan fingerprint density at radius 3 is 2.90 bits per heavy atom. The van der Waals surface area contributed by atoms with Crippen LogP contribution < -0.4 is 15.8 Å². The van der Waals surface area contributed by atoms with Gasteiger partial charge in [0.1, 0.15) is 10.7 Å². The first-order valence-electron chi connectivity index (χ1n) is 10.7. The standard InChI is InChI=1S/C23H26N4O2S/c1-13(2)24-21(28)15-6-3-9-17-14(15)8-5-11-27(17)12-19-25-22(29)20-16-7-4-10-18(16)30-23(20)26-19/h3,6,9,13H,4-5,7-8,10-12H2,1-2H3,(H,24,28)(H,25,26,29). The molecule has 156 valence electrons. The first kappa shape index (κ1) is 19.3. The number of amides is 1. The highest BCUT2D eigenvalue weighted by atomic mass is 32.1. The van der Waals surface area contributed by atoms with Gasteiger partial charge in [-0.3, -0.25) is 9.59 Å². The molecule has 1 aliphatic heterocycles. The number of carbonyl (C=O) groups is 1. The highest BCUT2D eigenvalue weighted by Gasteiger charge is 2.25. The molecule has 30 heavy (non-hydrogen) atoms. The zero-order valence-electron chi connectivity index (χ0n) is 17.4. The molecule has 6 nitrogen and oxygen atoms in total. The summed E-state index contributed by atoms with van der Waals surface area (Å²) in [7, 11) is 0. The van der Waals surface area contributed by atoms with E-state index in [1.54, 1.807) is 11.3 Å². The fourth-order valence-electron chi connectivity index (χ4n) is 4.72. The number of nitrogens with one attached hydrogen (secondary N) is 2. The lowest BCUT2D eigenvalue weighted by atomic mass is 9.95. The zero-order valence-corrected chi connectivity index (χ0v) is 18.2. The Hall–Kier alpha value is -2.67. The molecule has 5 rings (SSSR count). The number of rotatable bonds is 4. The van der Waals surface area contributed by atoms with Gasteiger partial charge in [0.15, 0.2) is 0 Å². The molecular weight excluding hydrogens is 396 g/mol. The first-order valence-corrected chi connectivity index (χ1v) is 11.5. The number of benzene rings is 1. The second kappa shape index (κ2) is 7.54. The Morgan fingerprint density at radius 2 is 2.07 bits per heavy atom. The van der Waals surface area contributed by atoms with Gasteiger partial charge < -0.3 is 15.2 Å². The summed E-state index contributed by atoms with van der Waals surface area (Å²) >= 11 is 1.67. The Bertz CT molecular complexity index is 1190. The highest BCUT2D eigenvalue weighted by molar-refractivity contribution is 7.18. The molecule has 0 spiro atoms. The van der Waals surface area contributed by atoms with E-state index in [1.165, 1.54) is 10.4 Å². The van der Waals surface area contributed by atoms with E-state index in [0.717, 1.165) is 65.7 Å². The van der Waals surface area contributed by atoms with Gasteiger partial charge in [0.25, 0.3) is 11.5 Å². The minimum absolute atomic E-state index is 0.0169. The molecular formula is C23H26N4O2S. The fraction of sp³-hybridized carbons (Fsp3) is 0.435. The molecule has 2 aliphatic rings. The van der Waals surface area contributed by atoms with Gasteiger partial charge in [0.05, 0.1) is 11.9 Å². The molecule has 3 aromatic rings. The van der Waals surface area contributed by atoms with Crippen LogP contribution in [0.4, 0.5) is 5.69 Å². The number of hydrogen-bond donors (Lipinski definition) is 2. The molecule has 2 aromatic heterocycles. The van der Waals surface area contributed by atoms with Crippen molar-refractivity contribution in [2.45, 2.75) is 58.5 Å². The molecule has 1 aliphatic carbocycles. The summed E-state index contributed by atoms with van der Waals surface area (Å²) in [4.78, 5) is 37.7. The maximum absolute atomic E-state index is 12.8. The van der Waals surface area contributed by atoms with Crippen LogP contribution in [-0.2, 0) is 25.8 Å². The number of aromatic amines is 1. The van der Waals surface area contributed by atoms with Crippen molar-refractivity contribution in [1.29, 1.82) is 0 Å². The number of thiophene rings is 1. The topological polar surface area (TPSA) is 78.1 Å². The molecule has 0 fully saturated rings. The van der Waals surface area contributed by atoms with Crippen LogP contribution in [0.1, 0.15) is 58.9 Å². The number of hydrogen-bond acceptors (Lipinski definition) is 5. The number of carbonyl (C=O) groups excluding carboxylic acids is 1. The SMILES string of the molecule is CC(C)NC(=O)c1cccc2c1CCCN2Cc1nc2sc3c(c2c(=O)[nH]1)CCC3. The average Bonchev–Trinajstić information content (AvgIpc) is 3.28. The van der Waals surface area contributed by atoms with Crippen LogP contribution in [0.25, 0.3) is 10.2 Å². The molecule has 1 aromatic carbocycles. The molecule has 0 bridgehead atoms. The molecule has 0 atom stereocenters. The number of aryl methyl sites for hydroxylation is 2. The van der Waals surface area contributed by atoms with E-state index >= 15 is 0 Å². The van der Waals surface area contributed by atoms with E-state index in [9.17, 15) is 9.59 Å². The lowest BCUT2D eigenvalue weighted by Crippen LogP contribution is -2.34. The van der Waals surface area contributed by atoms with E-state index < -0.39 is 0 Å². The molecule has 0 saturated heterocycles. The van der Waals surface area contributed by atoms with E-state index in [4.69, 9.17) is 4.98 Å². The van der Waals surface area contributed by atoms with Gasteiger partial charge in [-0.25, -0.2) is 4.98 Å². The van der Waals surface area contributed by atoms with Gasteiger partial charge in [-0.15, -0.1) is 11.3 Å². The summed E-state index contributed by atoms with van der Waals surface area (Å²) in [6, 6.07) is 6.01. The monoisotopic (exact) mass is 422 g/mol. The van der Waals surface area contributed by atoms with Crippen LogP contribution in [-0.4, -0.2) is 28.5 Å². The lowest BCUT2D eigenvalue weighted by Gasteiger charge is -2.32. The van der Waals surface area contributed by atoms with E-state index in [2.05, 4.69) is 21.3 Å². The summed E-state index contributed by atoms with van der Waals surface area (Å²) in [5.74, 6) is 0.669. The van der Waals surface area contributed by atoms with Crippen molar-refractivity contribution in [2.75, 3.05) is 11.4 Å². The normalized spacial score (nSPS) is 15.5. The third kappa shape index (κ3) is 3.31. The molecule has 1 amide bonds. The Labute approximate surface area is 179 Å². The summed E-state index contributed by atoms with van der Waals surface area (Å²) < 4.78 is 0. The second-order valence-electron chi connectivity index (χ2n) is 8.51. The molecule has 0 radical (unpaired) electrons. The molecule has 2 N–H and O–H groups in total. The predicted molar refractivity (Wildman–Crippen MR) is 121 cm³/mol. The number of anilines is 1. The third-order valence-electron chi connectivity index (χ3n) is 5.98. The van der Waals surface area contributed by atoms with Crippen molar-refractivity contribution in [3.63, 3.8) is 0 Å². The maximum atomic E-state index is 12.8. The van der Waals surface area contributed by atoms with Crippen LogP contribution in [0.3, 0.4) is 0 Å². The number of aromatic nitrogens is 2. The van der Waals surface area contributed by atoms with Gasteiger partial charge in [-0.2, -0.15) is 0 Å². The van der Waals surface area contributed by atoms with Crippen molar-refractivity contribution in [2.24, 2.45) is 0 Å². The summed E-state index contributed by atoms with van der Waals surface area (Å²) in [5.41, 5.74) is 4.09. The van der Waals surface area contributed by atoms with Gasteiger partial charge in [-0.05, 0) is 69.2 Å². The number of nitrogens with zero attached hydrogens (tertiary/aromatic N) is 2. The van der Waals surface area contributed by atoms with Crippen molar-refractivity contribution >= 4 is 33.1 Å². The fourth-order valence-corrected chi connectivity index (χ4v) is 6.00. The Kier molecular flexibility index (Phi) is 4.85. The lowest BCUT2D eigenvalue weighted by molar-refractivity contribution is 0.0942. The highest BCUT2D eigenvalue weighted by Crippen LogP contribution is 2.35. The van der Waals surface area contributed by atoms with E-state index in [0.29, 0.717) is 12.4 Å². The second-order valence-corrected chi connectivity index (χ2v) is 9.59. The summed E-state index contributed by atoms with van der Waals surface area (Å²) in [6.45, 7) is 5.36. The van der Waals surface area contributed by atoms with Crippen molar-refractivity contribution in [3.05, 3.63) is 55.9 Å². The van der Waals surface area contributed by atoms with Crippen molar-refractivity contribution in [3.8, 4) is 0 Å². The first-order chi connectivity index (χ1) is 14.5. The number of H-pyrrole nitrogens is 1. The molecule has 3 heterocycles. The maximum Gasteiger partial charge on any atom is 0.259 e. The van der Waals surface area contributed by atoms with E-state index in [1.807, 2.05) is 26.0 Å². The van der Waals surface area contributed by atoms with Gasteiger partial charge in [0, 0.05) is 28.7 Å². The Morgan fingerprint density at radius 1 is 1.23 bits per heavy atom. The smallest absolute Gasteiger partial charge is 0.259 e. The van der Waals surface area contributed by atoms with E-state index in [-0.39, 0.29) is 17.5 Å². The summed E-state index contributed by atoms with van der Waals surface area (Å²) in [5, 5.41) is 3.80. The van der Waals surface area contributed by atoms with Crippen molar-refractivity contribution in [1.82, 2.24) is 15.3 Å². The van der Waals surface area contributed by atoms with Crippen molar-refractivity contribution < 1.29 is 4.79 Å². The van der Waals surface area contributed by atoms with Gasteiger partial charge >= 0.3 is 0 Å². The summed E-state index contributed by atoms with van der Waals surface area (Å²) in [6.07, 6.45) is 5.04. The number of fused-ring (bicyclic) bond motifs is 4. The Balaban J connectivity index is 1.47. The molecule has 0 saturated carbocycles. The van der Waals surface area contributed by atoms with Crippen LogP contribution in [0.5, 0.6) is 0 Å². The minimum atomic E-state index is -0.0234. The van der Waals surface area contributed by atoms with Crippen LogP contribution in [0, 0.1) is 0 Å². The average molecular weight is 423 g/mol. The third-order valence-corrected chi connectivity index (χ3v) is 7.16. The minimum Gasteiger partial charge on any atom is -0.364 e. The largest absolute Gasteiger partial charge is 0.364 e. The molecule has 0 unspecified atom stereocenters. The molecule has 7 heteroatoms. The quantitative estimate of drug-likeness (QED) is 0.674. The zero-order chi connectivity index (χ0) is 20.8. The predicted octanol–water partition coefficient (Wildman–Crippen LogP) is 3.56. The van der Waals surface area contributed by atoms with Gasteiger partial charge in [-0.1, -0.05) is 6.07 Å². The van der Waals surface area contributed by atoms with Crippen LogP contribution in [0.15, 0.2) is 23.0 Å². The van der Waals surface area contributed by atoms with Crippen LogP contribution in [0.2, 0.25) is 0 Å².